The number of fused-ring (bicyclic) bond motifs is 2. The van der Waals surface area contributed by atoms with E-state index >= 15 is 0 Å². The summed E-state index contributed by atoms with van der Waals surface area (Å²) in [6.45, 7) is 6.57. The second-order valence-corrected chi connectivity index (χ2v) is 13.2. The molecule has 1 amide bonds. The van der Waals surface area contributed by atoms with Crippen molar-refractivity contribution in [2.75, 3.05) is 53.0 Å². The Labute approximate surface area is 270 Å². The SMILES string of the molecule is C[C@H]1CN(C(=O)Cc2ccc(CN3CCN(C)CC3)c(C(F)(F)F)c2)Cc2cc(Oc3ccnc4[nH]c(C5(O)COC5)cc34)ccc21. The number of hydrogen-bond acceptors (Lipinski definition) is 7. The minimum Gasteiger partial charge on any atom is -0.457 e. The summed E-state index contributed by atoms with van der Waals surface area (Å²) < 4.78 is 53.9. The molecule has 248 valence electrons. The van der Waals surface area contributed by atoms with Crippen LogP contribution in [0.25, 0.3) is 11.0 Å². The molecular weight excluding hydrogens is 611 g/mol. The summed E-state index contributed by atoms with van der Waals surface area (Å²) in [5.41, 5.74) is 2.07. The van der Waals surface area contributed by atoms with E-state index in [0.29, 0.717) is 41.5 Å². The number of H-pyrrole nitrogens is 1. The Kier molecular flexibility index (Phi) is 8.23. The number of aromatic amines is 1. The molecule has 2 fully saturated rings. The summed E-state index contributed by atoms with van der Waals surface area (Å²) in [7, 11) is 2.01. The second-order valence-electron chi connectivity index (χ2n) is 13.2. The molecule has 3 aliphatic heterocycles. The molecule has 3 aliphatic rings. The molecule has 47 heavy (non-hydrogen) atoms. The Morgan fingerprint density at radius 1 is 1.11 bits per heavy atom. The van der Waals surface area contributed by atoms with Crippen LogP contribution in [0.4, 0.5) is 13.2 Å². The standard InChI is InChI=1S/C35H38F3N5O4/c1-22-17-43(32(44)14-23-3-4-24(29(13-23)35(36,37)38)18-42-11-9-41(2)10-12-42)19-25-15-26(5-6-27(22)25)47-30-7-8-39-33-28(30)16-31(40-33)34(45)20-46-21-34/h3-8,13,15-16,22,45H,9-12,14,17-21H2,1-2H3,(H,39,40)/t22-/m0/s1. The lowest BCUT2D eigenvalue weighted by molar-refractivity contribution is -0.186. The van der Waals surface area contributed by atoms with Crippen molar-refractivity contribution in [2.24, 2.45) is 0 Å². The first-order valence-electron chi connectivity index (χ1n) is 15.9. The number of amides is 1. The van der Waals surface area contributed by atoms with Crippen molar-refractivity contribution < 1.29 is 32.5 Å². The van der Waals surface area contributed by atoms with Crippen LogP contribution in [0.15, 0.2) is 54.7 Å². The van der Waals surface area contributed by atoms with Gasteiger partial charge < -0.3 is 29.4 Å². The fraction of sp³-hybridized carbons (Fsp3) is 0.429. The highest BCUT2D eigenvalue weighted by atomic mass is 19.4. The van der Waals surface area contributed by atoms with Gasteiger partial charge in [0.1, 0.15) is 17.1 Å². The van der Waals surface area contributed by atoms with Gasteiger partial charge in [-0.1, -0.05) is 25.1 Å². The zero-order valence-corrected chi connectivity index (χ0v) is 26.4. The number of ether oxygens (including phenoxy) is 2. The van der Waals surface area contributed by atoms with E-state index in [1.165, 1.54) is 6.07 Å². The molecule has 4 aromatic rings. The Balaban J connectivity index is 1.06. The van der Waals surface area contributed by atoms with Crippen LogP contribution >= 0.6 is 0 Å². The predicted molar refractivity (Wildman–Crippen MR) is 169 cm³/mol. The molecule has 9 nitrogen and oxygen atoms in total. The lowest BCUT2D eigenvalue weighted by Crippen LogP contribution is -2.46. The molecule has 12 heteroatoms. The van der Waals surface area contributed by atoms with Crippen LogP contribution in [0, 0.1) is 0 Å². The van der Waals surface area contributed by atoms with Gasteiger partial charge in [0.2, 0.25) is 5.91 Å². The van der Waals surface area contributed by atoms with E-state index in [4.69, 9.17) is 9.47 Å². The van der Waals surface area contributed by atoms with Crippen LogP contribution in [0.5, 0.6) is 11.5 Å². The lowest BCUT2D eigenvalue weighted by Gasteiger charge is -2.35. The van der Waals surface area contributed by atoms with Gasteiger partial charge in [-0.05, 0) is 65.6 Å². The van der Waals surface area contributed by atoms with Crippen molar-refractivity contribution in [3.8, 4) is 11.5 Å². The molecule has 0 radical (unpaired) electrons. The summed E-state index contributed by atoms with van der Waals surface area (Å²) in [5, 5.41) is 11.4. The zero-order chi connectivity index (χ0) is 32.9. The smallest absolute Gasteiger partial charge is 0.416 e. The van der Waals surface area contributed by atoms with Gasteiger partial charge >= 0.3 is 6.18 Å². The van der Waals surface area contributed by atoms with Crippen molar-refractivity contribution in [3.05, 3.63) is 88.2 Å². The number of alkyl halides is 3. The Morgan fingerprint density at radius 2 is 1.89 bits per heavy atom. The molecule has 0 unspecified atom stereocenters. The number of piperazine rings is 1. The summed E-state index contributed by atoms with van der Waals surface area (Å²) in [4.78, 5) is 27.0. The third kappa shape index (κ3) is 6.47. The Morgan fingerprint density at radius 3 is 2.62 bits per heavy atom. The number of aromatic nitrogens is 2. The van der Waals surface area contributed by atoms with Crippen molar-refractivity contribution in [1.82, 2.24) is 24.7 Å². The van der Waals surface area contributed by atoms with Crippen LogP contribution < -0.4 is 4.74 Å². The fourth-order valence-electron chi connectivity index (χ4n) is 6.74. The molecule has 2 aromatic carbocycles. The van der Waals surface area contributed by atoms with Crippen molar-refractivity contribution in [2.45, 2.75) is 44.1 Å². The van der Waals surface area contributed by atoms with Crippen molar-refractivity contribution >= 4 is 16.9 Å². The van der Waals surface area contributed by atoms with E-state index in [9.17, 15) is 23.1 Å². The minimum atomic E-state index is -4.51. The largest absolute Gasteiger partial charge is 0.457 e. The summed E-state index contributed by atoms with van der Waals surface area (Å²) >= 11 is 0. The van der Waals surface area contributed by atoms with Gasteiger partial charge in [0.05, 0.1) is 36.3 Å². The molecular formula is C35H38F3N5O4. The number of likely N-dealkylation sites (N-methyl/N-ethyl adjacent to an activating group) is 1. The van der Waals surface area contributed by atoms with E-state index in [0.717, 1.165) is 48.8 Å². The molecule has 0 bridgehead atoms. The number of benzene rings is 2. The van der Waals surface area contributed by atoms with E-state index in [1.807, 2.05) is 43.1 Å². The Bertz CT molecular complexity index is 1800. The maximum Gasteiger partial charge on any atom is 0.416 e. The number of hydrogen-bond donors (Lipinski definition) is 2. The first-order chi connectivity index (χ1) is 22.4. The van der Waals surface area contributed by atoms with Crippen LogP contribution in [0.1, 0.15) is 46.4 Å². The van der Waals surface area contributed by atoms with E-state index in [-0.39, 0.29) is 43.6 Å². The monoisotopic (exact) mass is 649 g/mol. The van der Waals surface area contributed by atoms with E-state index in [2.05, 4.69) is 14.9 Å². The predicted octanol–water partition coefficient (Wildman–Crippen LogP) is 5.03. The number of pyridine rings is 1. The molecule has 0 aliphatic carbocycles. The van der Waals surface area contributed by atoms with Gasteiger partial charge in [-0.2, -0.15) is 13.2 Å². The second kappa shape index (κ2) is 12.2. The van der Waals surface area contributed by atoms with Gasteiger partial charge in [-0.15, -0.1) is 0 Å². The van der Waals surface area contributed by atoms with Gasteiger partial charge in [0, 0.05) is 52.0 Å². The van der Waals surface area contributed by atoms with Gasteiger partial charge in [-0.3, -0.25) is 9.69 Å². The number of halogens is 3. The highest BCUT2D eigenvalue weighted by Gasteiger charge is 2.40. The Hall–Kier alpha value is -3.97. The van der Waals surface area contributed by atoms with Crippen molar-refractivity contribution in [1.29, 1.82) is 0 Å². The zero-order valence-electron chi connectivity index (χ0n) is 26.4. The fourth-order valence-corrected chi connectivity index (χ4v) is 6.74. The molecule has 7 rings (SSSR count). The molecule has 0 spiro atoms. The highest BCUT2D eigenvalue weighted by molar-refractivity contribution is 5.84. The third-order valence-corrected chi connectivity index (χ3v) is 9.58. The highest BCUT2D eigenvalue weighted by Crippen LogP contribution is 2.38. The minimum absolute atomic E-state index is 0.0405. The van der Waals surface area contributed by atoms with Crippen LogP contribution in [-0.2, 0) is 40.8 Å². The molecule has 1 atom stereocenters. The summed E-state index contributed by atoms with van der Waals surface area (Å²) in [6.07, 6.45) is -2.99. The number of carbonyl (C=O) groups is 1. The summed E-state index contributed by atoms with van der Waals surface area (Å²) in [5.74, 6) is 0.965. The number of nitrogens with zero attached hydrogens (tertiary/aromatic N) is 4. The topological polar surface area (TPSA) is 94.2 Å². The number of rotatable bonds is 7. The van der Waals surface area contributed by atoms with Crippen LogP contribution in [0.3, 0.4) is 0 Å². The van der Waals surface area contributed by atoms with E-state index < -0.39 is 17.3 Å². The van der Waals surface area contributed by atoms with Crippen LogP contribution in [0.2, 0.25) is 0 Å². The van der Waals surface area contributed by atoms with Gasteiger partial charge in [0.15, 0.2) is 5.60 Å². The molecule has 2 aromatic heterocycles. The third-order valence-electron chi connectivity index (χ3n) is 9.58. The molecule has 2 N–H and O–H groups in total. The summed E-state index contributed by atoms with van der Waals surface area (Å²) in [6, 6.07) is 13.7. The first kappa shape index (κ1) is 31.6. The van der Waals surface area contributed by atoms with E-state index in [1.54, 1.807) is 23.2 Å². The average molecular weight is 650 g/mol. The molecule has 0 saturated carbocycles. The maximum absolute atomic E-state index is 14.2. The van der Waals surface area contributed by atoms with Crippen LogP contribution in [-0.4, -0.2) is 88.7 Å². The average Bonchev–Trinajstić information content (AvgIpc) is 3.47. The van der Waals surface area contributed by atoms with Crippen molar-refractivity contribution in [3.63, 3.8) is 0 Å². The molecule has 2 saturated heterocycles. The normalized spacial score (nSPS) is 20.2. The maximum atomic E-state index is 14.2. The van der Waals surface area contributed by atoms with Gasteiger partial charge in [-0.25, -0.2) is 4.98 Å². The molecule has 5 heterocycles. The number of nitrogens with one attached hydrogen (secondary N) is 1. The number of aliphatic hydroxyl groups is 1. The number of carbonyl (C=O) groups excluding carboxylic acids is 1. The first-order valence-corrected chi connectivity index (χ1v) is 15.9. The van der Waals surface area contributed by atoms with Gasteiger partial charge in [0.25, 0.3) is 0 Å². The lowest BCUT2D eigenvalue weighted by atomic mass is 9.90. The quantitative estimate of drug-likeness (QED) is 0.290.